The molecule has 1 atom stereocenters. The second kappa shape index (κ2) is 7.56. The standard InChI is InChI=1S/C20H25ClN2O/c1-24-17-11-10-15-7-4-12-20(22,18(15)14-17)23-13-5-8-16-6-2-3-9-19(16)21/h2-3,6,9-11,14,23H,4-5,7-8,12-13,22H2,1H3/t20-/m1/s1. The molecule has 2 aromatic rings. The minimum atomic E-state index is -0.470. The second-order valence-corrected chi connectivity index (χ2v) is 6.88. The van der Waals surface area contributed by atoms with Gasteiger partial charge in [0.1, 0.15) is 5.75 Å². The first-order valence-electron chi connectivity index (χ1n) is 8.57. The molecule has 3 N–H and O–H groups in total. The highest BCUT2D eigenvalue weighted by molar-refractivity contribution is 6.31. The summed E-state index contributed by atoms with van der Waals surface area (Å²) in [6.07, 6.45) is 5.09. The first-order chi connectivity index (χ1) is 11.6. The van der Waals surface area contributed by atoms with Gasteiger partial charge in [-0.25, -0.2) is 0 Å². The van der Waals surface area contributed by atoms with Crippen LogP contribution in [0.25, 0.3) is 0 Å². The van der Waals surface area contributed by atoms with Gasteiger partial charge in [0.05, 0.1) is 12.8 Å². The maximum atomic E-state index is 6.71. The molecular weight excluding hydrogens is 320 g/mol. The van der Waals surface area contributed by atoms with Crippen molar-refractivity contribution in [2.75, 3.05) is 13.7 Å². The number of ether oxygens (including phenoxy) is 1. The maximum absolute atomic E-state index is 6.71. The quantitative estimate of drug-likeness (QED) is 0.614. The molecule has 1 aliphatic rings. The molecule has 3 nitrogen and oxygen atoms in total. The van der Waals surface area contributed by atoms with Crippen LogP contribution in [0.3, 0.4) is 0 Å². The number of aryl methyl sites for hydroxylation is 2. The largest absolute Gasteiger partial charge is 0.497 e. The summed E-state index contributed by atoms with van der Waals surface area (Å²) in [4.78, 5) is 0. The van der Waals surface area contributed by atoms with E-state index in [1.165, 1.54) is 16.7 Å². The van der Waals surface area contributed by atoms with Crippen LogP contribution in [-0.2, 0) is 18.5 Å². The molecular formula is C20H25ClN2O. The highest BCUT2D eigenvalue weighted by Crippen LogP contribution is 2.34. The molecule has 0 spiro atoms. The molecule has 0 amide bonds. The Morgan fingerprint density at radius 1 is 1.25 bits per heavy atom. The van der Waals surface area contributed by atoms with E-state index in [1.54, 1.807) is 7.11 Å². The van der Waals surface area contributed by atoms with Gasteiger partial charge < -0.3 is 10.5 Å². The molecule has 3 rings (SSSR count). The number of hydrogen-bond donors (Lipinski definition) is 2. The van der Waals surface area contributed by atoms with E-state index in [1.807, 2.05) is 24.3 Å². The third kappa shape index (κ3) is 3.75. The van der Waals surface area contributed by atoms with E-state index < -0.39 is 5.66 Å². The van der Waals surface area contributed by atoms with E-state index in [0.717, 1.165) is 49.4 Å². The molecule has 0 fully saturated rings. The zero-order valence-corrected chi connectivity index (χ0v) is 14.9. The molecule has 0 radical (unpaired) electrons. The number of nitrogens with two attached hydrogens (primary N) is 1. The summed E-state index contributed by atoms with van der Waals surface area (Å²) in [5.41, 5.74) is 9.93. The Morgan fingerprint density at radius 3 is 2.88 bits per heavy atom. The normalized spacial score (nSPS) is 19.8. The van der Waals surface area contributed by atoms with Crippen molar-refractivity contribution in [1.29, 1.82) is 0 Å². The summed E-state index contributed by atoms with van der Waals surface area (Å²) in [5, 5.41) is 4.41. The molecule has 2 aromatic carbocycles. The lowest BCUT2D eigenvalue weighted by Gasteiger charge is -2.37. The maximum Gasteiger partial charge on any atom is 0.119 e. The van der Waals surface area contributed by atoms with Crippen molar-refractivity contribution in [3.8, 4) is 5.75 Å². The van der Waals surface area contributed by atoms with Gasteiger partial charge in [0.15, 0.2) is 0 Å². The van der Waals surface area contributed by atoms with Crippen LogP contribution in [0.2, 0.25) is 5.02 Å². The number of methoxy groups -OCH3 is 1. The van der Waals surface area contributed by atoms with E-state index in [-0.39, 0.29) is 0 Å². The monoisotopic (exact) mass is 344 g/mol. The average Bonchev–Trinajstić information content (AvgIpc) is 2.60. The second-order valence-electron chi connectivity index (χ2n) is 6.47. The van der Waals surface area contributed by atoms with Crippen molar-refractivity contribution in [3.05, 3.63) is 64.2 Å². The number of nitrogens with one attached hydrogen (secondary N) is 1. The lowest BCUT2D eigenvalue weighted by molar-refractivity contribution is 0.291. The van der Waals surface area contributed by atoms with Crippen LogP contribution in [-0.4, -0.2) is 13.7 Å². The highest BCUT2D eigenvalue weighted by atomic mass is 35.5. The van der Waals surface area contributed by atoms with Crippen LogP contribution in [0.15, 0.2) is 42.5 Å². The van der Waals surface area contributed by atoms with Crippen molar-refractivity contribution in [2.24, 2.45) is 5.73 Å². The van der Waals surface area contributed by atoms with E-state index in [2.05, 4.69) is 23.5 Å². The first kappa shape index (κ1) is 17.3. The first-order valence-corrected chi connectivity index (χ1v) is 8.95. The summed E-state index contributed by atoms with van der Waals surface area (Å²) in [7, 11) is 1.69. The van der Waals surface area contributed by atoms with Crippen molar-refractivity contribution < 1.29 is 4.74 Å². The SMILES string of the molecule is COc1ccc2c(c1)[C@](N)(NCCCc1ccccc1Cl)CCC2. The summed E-state index contributed by atoms with van der Waals surface area (Å²) >= 11 is 6.22. The lowest BCUT2D eigenvalue weighted by Crippen LogP contribution is -2.52. The molecule has 1 aliphatic carbocycles. The van der Waals surface area contributed by atoms with E-state index in [4.69, 9.17) is 22.1 Å². The minimum Gasteiger partial charge on any atom is -0.497 e. The summed E-state index contributed by atoms with van der Waals surface area (Å²) in [6, 6.07) is 14.3. The van der Waals surface area contributed by atoms with Crippen LogP contribution in [0.4, 0.5) is 0 Å². The molecule has 0 aliphatic heterocycles. The van der Waals surface area contributed by atoms with E-state index in [9.17, 15) is 0 Å². The van der Waals surface area contributed by atoms with Gasteiger partial charge in [0, 0.05) is 5.02 Å². The fraction of sp³-hybridized carbons (Fsp3) is 0.400. The van der Waals surface area contributed by atoms with Gasteiger partial charge >= 0.3 is 0 Å². The number of benzene rings is 2. The van der Waals surface area contributed by atoms with Gasteiger partial charge in [0.25, 0.3) is 0 Å². The fourth-order valence-corrected chi connectivity index (χ4v) is 3.71. The summed E-state index contributed by atoms with van der Waals surface area (Å²) < 4.78 is 5.37. The van der Waals surface area contributed by atoms with Crippen molar-refractivity contribution >= 4 is 11.6 Å². The summed E-state index contributed by atoms with van der Waals surface area (Å²) in [6.45, 7) is 0.859. The lowest BCUT2D eigenvalue weighted by atomic mass is 9.82. The number of fused-ring (bicyclic) bond motifs is 1. The molecule has 128 valence electrons. The van der Waals surface area contributed by atoms with Crippen LogP contribution in [0, 0.1) is 0 Å². The summed E-state index contributed by atoms with van der Waals surface area (Å²) in [5.74, 6) is 0.864. The molecule has 0 bridgehead atoms. The Balaban J connectivity index is 1.64. The number of halogens is 1. The third-order valence-electron chi connectivity index (χ3n) is 4.84. The van der Waals surface area contributed by atoms with Crippen LogP contribution in [0.1, 0.15) is 36.0 Å². The van der Waals surface area contributed by atoms with Gasteiger partial charge in [-0.15, -0.1) is 0 Å². The fourth-order valence-electron chi connectivity index (χ4n) is 3.48. The van der Waals surface area contributed by atoms with E-state index >= 15 is 0 Å². The molecule has 24 heavy (non-hydrogen) atoms. The van der Waals surface area contributed by atoms with E-state index in [0.29, 0.717) is 0 Å². The van der Waals surface area contributed by atoms with Gasteiger partial charge in [0.2, 0.25) is 0 Å². The Labute approximate surface area is 149 Å². The Hall–Kier alpha value is -1.55. The molecule has 0 aromatic heterocycles. The van der Waals surface area contributed by atoms with Crippen LogP contribution >= 0.6 is 11.6 Å². The van der Waals surface area contributed by atoms with Crippen molar-refractivity contribution in [1.82, 2.24) is 5.32 Å². The zero-order valence-electron chi connectivity index (χ0n) is 14.1. The topological polar surface area (TPSA) is 47.3 Å². The highest BCUT2D eigenvalue weighted by Gasteiger charge is 2.32. The van der Waals surface area contributed by atoms with Gasteiger partial charge in [-0.1, -0.05) is 35.9 Å². The Morgan fingerprint density at radius 2 is 2.08 bits per heavy atom. The number of rotatable bonds is 6. The minimum absolute atomic E-state index is 0.470. The zero-order chi connectivity index (χ0) is 17.0. The van der Waals surface area contributed by atoms with Crippen molar-refractivity contribution in [2.45, 2.75) is 37.8 Å². The van der Waals surface area contributed by atoms with Crippen molar-refractivity contribution in [3.63, 3.8) is 0 Å². The predicted octanol–water partition coefficient (Wildman–Crippen LogP) is 4.02. The Bertz CT molecular complexity index is 704. The third-order valence-corrected chi connectivity index (χ3v) is 5.20. The van der Waals surface area contributed by atoms with Gasteiger partial charge in [-0.3, -0.25) is 5.32 Å². The van der Waals surface area contributed by atoms with Crippen LogP contribution < -0.4 is 15.8 Å². The van der Waals surface area contributed by atoms with Crippen LogP contribution in [0.5, 0.6) is 5.75 Å². The molecule has 0 saturated carbocycles. The van der Waals surface area contributed by atoms with Gasteiger partial charge in [-0.05, 0) is 73.5 Å². The molecule has 0 saturated heterocycles. The van der Waals surface area contributed by atoms with Gasteiger partial charge in [-0.2, -0.15) is 0 Å². The number of hydrogen-bond acceptors (Lipinski definition) is 3. The smallest absolute Gasteiger partial charge is 0.119 e. The molecule has 0 heterocycles. The molecule has 0 unspecified atom stereocenters. The Kier molecular flexibility index (Phi) is 5.44. The predicted molar refractivity (Wildman–Crippen MR) is 99.6 cm³/mol. The average molecular weight is 345 g/mol. The molecule has 4 heteroatoms.